The molecule has 2 aromatic rings. The molecule has 8 nitrogen and oxygen atoms in total. The Morgan fingerprint density at radius 2 is 1.86 bits per heavy atom. The molecule has 3 rings (SSSR count). The molecular formula is C21H30N4O4. The van der Waals surface area contributed by atoms with Crippen molar-refractivity contribution in [3.05, 3.63) is 35.2 Å². The molecule has 1 fully saturated rings. The average Bonchev–Trinajstić information content (AvgIpc) is 3.05. The Morgan fingerprint density at radius 3 is 2.45 bits per heavy atom. The smallest absolute Gasteiger partial charge is 0.241 e. The molecule has 1 aromatic heterocycles. The van der Waals surface area contributed by atoms with Gasteiger partial charge in [-0.1, -0.05) is 5.16 Å². The Labute approximate surface area is 171 Å². The van der Waals surface area contributed by atoms with Gasteiger partial charge >= 0.3 is 0 Å². The van der Waals surface area contributed by atoms with Gasteiger partial charge in [0.15, 0.2) is 11.5 Å². The minimum absolute atomic E-state index is 0.0311. The molecule has 0 aliphatic carbocycles. The van der Waals surface area contributed by atoms with Crippen LogP contribution >= 0.6 is 0 Å². The summed E-state index contributed by atoms with van der Waals surface area (Å²) in [5.41, 5.74) is 2.81. The lowest BCUT2D eigenvalue weighted by molar-refractivity contribution is -0.121. The molecular weight excluding hydrogens is 372 g/mol. The summed E-state index contributed by atoms with van der Waals surface area (Å²) in [6.07, 6.45) is 0. The summed E-state index contributed by atoms with van der Waals surface area (Å²) in [4.78, 5) is 17.3. The second-order valence-electron chi connectivity index (χ2n) is 7.35. The molecule has 8 heteroatoms. The fourth-order valence-corrected chi connectivity index (χ4v) is 3.59. The number of rotatable bonds is 7. The van der Waals surface area contributed by atoms with E-state index in [0.717, 1.165) is 49.7 Å². The molecule has 1 amide bonds. The number of hydrogen-bond donors (Lipinski definition) is 1. The molecule has 1 aliphatic rings. The largest absolute Gasteiger partial charge is 0.493 e. The third-order valence-corrected chi connectivity index (χ3v) is 5.55. The first kappa shape index (κ1) is 21.1. The Bertz CT molecular complexity index is 824. The number of methoxy groups -OCH3 is 2. The number of aromatic nitrogens is 1. The molecule has 1 unspecified atom stereocenters. The Balaban J connectivity index is 1.53. The summed E-state index contributed by atoms with van der Waals surface area (Å²) in [5.74, 6) is 2.07. The van der Waals surface area contributed by atoms with Crippen molar-refractivity contribution in [1.29, 1.82) is 0 Å². The van der Waals surface area contributed by atoms with Gasteiger partial charge in [0, 0.05) is 50.0 Å². The number of aryl methyl sites for hydroxylation is 2. The normalized spacial score (nSPS) is 16.4. The second-order valence-corrected chi connectivity index (χ2v) is 7.35. The van der Waals surface area contributed by atoms with E-state index < -0.39 is 0 Å². The molecule has 158 valence electrons. The summed E-state index contributed by atoms with van der Waals surface area (Å²) in [7, 11) is 3.16. The van der Waals surface area contributed by atoms with Crippen molar-refractivity contribution < 1.29 is 18.8 Å². The Hall–Kier alpha value is -2.58. The second kappa shape index (κ2) is 9.28. The topological polar surface area (TPSA) is 80.1 Å². The molecule has 2 heterocycles. The van der Waals surface area contributed by atoms with Crippen molar-refractivity contribution in [3.8, 4) is 11.5 Å². The first-order valence-electron chi connectivity index (χ1n) is 9.84. The van der Waals surface area contributed by atoms with Gasteiger partial charge in [-0.25, -0.2) is 0 Å². The number of carbonyl (C=O) groups excluding carboxylic acids is 1. The van der Waals surface area contributed by atoms with E-state index in [1.165, 1.54) is 0 Å². The fraction of sp³-hybridized carbons (Fsp3) is 0.524. The molecule has 0 bridgehead atoms. The monoisotopic (exact) mass is 402 g/mol. The van der Waals surface area contributed by atoms with Crippen molar-refractivity contribution >= 4 is 11.6 Å². The van der Waals surface area contributed by atoms with Crippen LogP contribution in [0.15, 0.2) is 22.7 Å². The summed E-state index contributed by atoms with van der Waals surface area (Å²) in [6.45, 7) is 10.2. The van der Waals surface area contributed by atoms with Crippen molar-refractivity contribution in [2.45, 2.75) is 33.4 Å². The van der Waals surface area contributed by atoms with Crippen LogP contribution in [0.25, 0.3) is 0 Å². The van der Waals surface area contributed by atoms with E-state index in [-0.39, 0.29) is 11.9 Å². The van der Waals surface area contributed by atoms with Gasteiger partial charge in [-0.15, -0.1) is 0 Å². The maximum absolute atomic E-state index is 12.7. The van der Waals surface area contributed by atoms with Crippen LogP contribution in [-0.4, -0.2) is 67.3 Å². The van der Waals surface area contributed by atoms with Crippen LogP contribution in [0, 0.1) is 13.8 Å². The van der Waals surface area contributed by atoms with Crippen LogP contribution in [0.3, 0.4) is 0 Å². The highest BCUT2D eigenvalue weighted by atomic mass is 16.5. The Morgan fingerprint density at radius 1 is 1.17 bits per heavy atom. The van der Waals surface area contributed by atoms with Crippen molar-refractivity contribution in [1.82, 2.24) is 15.0 Å². The number of nitrogens with zero attached hydrogens (tertiary/aromatic N) is 3. The number of hydrogen-bond acceptors (Lipinski definition) is 7. The van der Waals surface area contributed by atoms with E-state index in [2.05, 4.69) is 20.3 Å². The highest BCUT2D eigenvalue weighted by Crippen LogP contribution is 2.29. The molecule has 1 atom stereocenters. The molecule has 29 heavy (non-hydrogen) atoms. The summed E-state index contributed by atoms with van der Waals surface area (Å²) >= 11 is 0. The minimum Gasteiger partial charge on any atom is -0.493 e. The van der Waals surface area contributed by atoms with Crippen molar-refractivity contribution in [2.24, 2.45) is 0 Å². The zero-order chi connectivity index (χ0) is 21.0. The Kier molecular flexibility index (Phi) is 6.76. The highest BCUT2D eigenvalue weighted by molar-refractivity contribution is 5.94. The zero-order valence-electron chi connectivity index (χ0n) is 17.8. The lowest BCUT2D eigenvalue weighted by atomic mass is 10.1. The van der Waals surface area contributed by atoms with Crippen LogP contribution in [0.1, 0.15) is 23.9 Å². The standard InChI is InChI=1S/C21H30N4O4/c1-14-18(16(3)29-23-14)13-24-8-10-25(11-9-24)15(2)21(26)22-17-6-7-19(27-4)20(12-17)28-5/h6-7,12,15H,8-11,13H2,1-5H3,(H,22,26). The van der Waals surface area contributed by atoms with E-state index in [9.17, 15) is 4.79 Å². The van der Waals surface area contributed by atoms with Gasteiger partial charge in [-0.3, -0.25) is 14.6 Å². The SMILES string of the molecule is COc1ccc(NC(=O)C(C)N2CCN(Cc3c(C)noc3C)CC2)cc1OC. The number of ether oxygens (including phenoxy) is 2. The number of anilines is 1. The molecule has 1 N–H and O–H groups in total. The van der Waals surface area contributed by atoms with Crippen LogP contribution in [0.4, 0.5) is 5.69 Å². The molecule has 1 aliphatic heterocycles. The number of nitrogens with one attached hydrogen (secondary N) is 1. The van der Waals surface area contributed by atoms with Gasteiger partial charge in [-0.05, 0) is 32.9 Å². The molecule has 1 aromatic carbocycles. The minimum atomic E-state index is -0.218. The van der Waals surface area contributed by atoms with E-state index >= 15 is 0 Å². The quantitative estimate of drug-likeness (QED) is 0.762. The lowest BCUT2D eigenvalue weighted by Gasteiger charge is -2.37. The van der Waals surface area contributed by atoms with E-state index in [4.69, 9.17) is 14.0 Å². The average molecular weight is 402 g/mol. The van der Waals surface area contributed by atoms with Gasteiger partial charge in [0.2, 0.25) is 5.91 Å². The molecule has 0 radical (unpaired) electrons. The van der Waals surface area contributed by atoms with Gasteiger partial charge < -0.3 is 19.3 Å². The van der Waals surface area contributed by atoms with Gasteiger partial charge in [0.25, 0.3) is 0 Å². The first-order chi connectivity index (χ1) is 13.9. The van der Waals surface area contributed by atoms with Gasteiger partial charge in [-0.2, -0.15) is 0 Å². The summed E-state index contributed by atoms with van der Waals surface area (Å²) < 4.78 is 15.8. The highest BCUT2D eigenvalue weighted by Gasteiger charge is 2.26. The molecule has 0 spiro atoms. The van der Waals surface area contributed by atoms with Crippen molar-refractivity contribution in [2.75, 3.05) is 45.7 Å². The maximum Gasteiger partial charge on any atom is 0.241 e. The van der Waals surface area contributed by atoms with Crippen LogP contribution in [-0.2, 0) is 11.3 Å². The molecule has 0 saturated carbocycles. The van der Waals surface area contributed by atoms with Gasteiger partial charge in [0.1, 0.15) is 5.76 Å². The number of carbonyl (C=O) groups is 1. The predicted octanol–water partition coefficient (Wildman–Crippen LogP) is 2.45. The molecule has 1 saturated heterocycles. The predicted molar refractivity (Wildman–Crippen MR) is 110 cm³/mol. The van der Waals surface area contributed by atoms with Gasteiger partial charge in [0.05, 0.1) is 26.0 Å². The maximum atomic E-state index is 12.7. The van der Waals surface area contributed by atoms with Crippen LogP contribution < -0.4 is 14.8 Å². The van der Waals surface area contributed by atoms with Crippen LogP contribution in [0.2, 0.25) is 0 Å². The van der Waals surface area contributed by atoms with E-state index in [1.54, 1.807) is 26.4 Å². The summed E-state index contributed by atoms with van der Waals surface area (Å²) in [6, 6.07) is 5.15. The third-order valence-electron chi connectivity index (χ3n) is 5.55. The van der Waals surface area contributed by atoms with E-state index in [1.807, 2.05) is 26.8 Å². The van der Waals surface area contributed by atoms with E-state index in [0.29, 0.717) is 17.2 Å². The zero-order valence-corrected chi connectivity index (χ0v) is 17.8. The first-order valence-corrected chi connectivity index (χ1v) is 9.84. The van der Waals surface area contributed by atoms with Crippen LogP contribution in [0.5, 0.6) is 11.5 Å². The fourth-order valence-electron chi connectivity index (χ4n) is 3.59. The number of amides is 1. The number of piperazine rings is 1. The van der Waals surface area contributed by atoms with Crippen molar-refractivity contribution in [3.63, 3.8) is 0 Å². The summed E-state index contributed by atoms with van der Waals surface area (Å²) in [5, 5.41) is 7.01. The third kappa shape index (κ3) is 4.89. The lowest BCUT2D eigenvalue weighted by Crippen LogP contribution is -2.52. The number of benzene rings is 1.